The highest BCUT2D eigenvalue weighted by Crippen LogP contribution is 2.40. The molecule has 0 amide bonds. The standard InChI is InChI=1S/C26H30Cl2F3N7O2Si/c1-25(2,3)41(4,5)40-20(26(29,30)31)14-36-22(16-9-11-17(27)12-10-16)35-37(24(36)39)15-21-33-23(32)38(34-21)19-8-6-7-18(28)13-19/h6-13,20H,14-15H2,1-5H3,(H2,32,33,34). The van der Waals surface area contributed by atoms with E-state index in [4.69, 9.17) is 33.4 Å². The lowest BCUT2D eigenvalue weighted by molar-refractivity contribution is -0.202. The second kappa shape index (κ2) is 11.3. The van der Waals surface area contributed by atoms with Crippen LogP contribution in [0.25, 0.3) is 17.1 Å². The fraction of sp³-hybridized carbons (Fsp3) is 0.385. The molecule has 0 aliphatic rings. The molecule has 0 aliphatic heterocycles. The van der Waals surface area contributed by atoms with Crippen molar-refractivity contribution in [1.29, 1.82) is 0 Å². The predicted octanol–water partition coefficient (Wildman–Crippen LogP) is 6.18. The van der Waals surface area contributed by atoms with Crippen molar-refractivity contribution in [1.82, 2.24) is 29.1 Å². The molecule has 1 atom stereocenters. The Hall–Kier alpha value is -3.13. The lowest BCUT2D eigenvalue weighted by Gasteiger charge is -2.39. The second-order valence-corrected chi connectivity index (χ2v) is 16.7. The Bertz CT molecular complexity index is 1590. The van der Waals surface area contributed by atoms with E-state index in [2.05, 4.69) is 15.2 Å². The van der Waals surface area contributed by atoms with Crippen LogP contribution >= 0.6 is 23.2 Å². The van der Waals surface area contributed by atoms with E-state index in [9.17, 15) is 18.0 Å². The van der Waals surface area contributed by atoms with Crippen molar-refractivity contribution < 1.29 is 17.6 Å². The minimum absolute atomic E-state index is 0.0157. The smallest absolute Gasteiger partial charge is 0.404 e. The van der Waals surface area contributed by atoms with Crippen LogP contribution in [0.1, 0.15) is 26.6 Å². The van der Waals surface area contributed by atoms with E-state index in [1.807, 2.05) is 20.8 Å². The number of benzene rings is 2. The van der Waals surface area contributed by atoms with E-state index >= 15 is 0 Å². The van der Waals surface area contributed by atoms with Gasteiger partial charge in [0.1, 0.15) is 6.54 Å². The highest BCUT2D eigenvalue weighted by Gasteiger charge is 2.48. The van der Waals surface area contributed by atoms with Gasteiger partial charge in [0.25, 0.3) is 0 Å². The van der Waals surface area contributed by atoms with Crippen LogP contribution < -0.4 is 11.4 Å². The van der Waals surface area contributed by atoms with Crippen LogP contribution in [0.4, 0.5) is 19.1 Å². The van der Waals surface area contributed by atoms with Gasteiger partial charge in [0.15, 0.2) is 26.1 Å². The van der Waals surface area contributed by atoms with Crippen molar-refractivity contribution in [3.05, 3.63) is 74.9 Å². The summed E-state index contributed by atoms with van der Waals surface area (Å²) in [6, 6.07) is 13.0. The van der Waals surface area contributed by atoms with Crippen molar-refractivity contribution >= 4 is 37.5 Å². The third kappa shape index (κ3) is 6.85. The Kier molecular flexibility index (Phi) is 8.47. The summed E-state index contributed by atoms with van der Waals surface area (Å²) in [6.07, 6.45) is -6.97. The average Bonchev–Trinajstić information content (AvgIpc) is 3.37. The number of nitrogens with two attached hydrogens (primary N) is 1. The largest absolute Gasteiger partial charge is 0.415 e. The summed E-state index contributed by atoms with van der Waals surface area (Å²) in [7, 11) is -2.87. The van der Waals surface area contributed by atoms with Gasteiger partial charge in [-0.2, -0.15) is 22.8 Å². The van der Waals surface area contributed by atoms with Crippen LogP contribution in [0.2, 0.25) is 28.2 Å². The van der Waals surface area contributed by atoms with Gasteiger partial charge in [-0.1, -0.05) is 50.0 Å². The van der Waals surface area contributed by atoms with Crippen molar-refractivity contribution in [2.24, 2.45) is 0 Å². The molecule has 0 radical (unpaired) electrons. The SMILES string of the molecule is CC(C)(C)[Si](C)(C)OC(Cn1c(-c2ccc(Cl)cc2)nn(Cc2nc(N)n(-c3cccc(Cl)c3)n2)c1=O)C(F)(F)F. The molecule has 2 aromatic heterocycles. The van der Waals surface area contributed by atoms with E-state index in [-0.39, 0.29) is 24.1 Å². The van der Waals surface area contributed by atoms with Crippen molar-refractivity contribution in [3.8, 4) is 17.1 Å². The number of aromatic nitrogens is 6. The molecule has 220 valence electrons. The Morgan fingerprint density at radius 1 is 1.02 bits per heavy atom. The molecule has 0 aliphatic carbocycles. The zero-order valence-corrected chi connectivity index (χ0v) is 25.6. The molecule has 0 bridgehead atoms. The number of anilines is 1. The Morgan fingerprint density at radius 2 is 1.68 bits per heavy atom. The number of alkyl halides is 3. The third-order valence-corrected chi connectivity index (χ3v) is 12.0. The minimum Gasteiger partial charge on any atom is -0.404 e. The molecule has 41 heavy (non-hydrogen) atoms. The van der Waals surface area contributed by atoms with Crippen molar-refractivity contribution in [2.75, 3.05) is 5.73 Å². The molecular formula is C26H30Cl2F3N7O2Si. The van der Waals surface area contributed by atoms with Crippen LogP contribution in [0.15, 0.2) is 53.3 Å². The van der Waals surface area contributed by atoms with Crippen molar-refractivity contribution in [3.63, 3.8) is 0 Å². The lowest BCUT2D eigenvalue weighted by atomic mass is 10.2. The van der Waals surface area contributed by atoms with Gasteiger partial charge in [0, 0.05) is 15.6 Å². The van der Waals surface area contributed by atoms with E-state index < -0.39 is 37.9 Å². The molecule has 2 heterocycles. The number of nitrogens with zero attached hydrogens (tertiary/aromatic N) is 6. The molecule has 4 rings (SSSR count). The summed E-state index contributed by atoms with van der Waals surface area (Å²) >= 11 is 12.1. The van der Waals surface area contributed by atoms with Crippen LogP contribution in [0, 0.1) is 0 Å². The van der Waals surface area contributed by atoms with Gasteiger partial charge < -0.3 is 10.2 Å². The van der Waals surface area contributed by atoms with Gasteiger partial charge in [0.05, 0.1) is 12.2 Å². The normalized spacial score (nSPS) is 13.5. The molecule has 9 nitrogen and oxygen atoms in total. The molecule has 4 aromatic rings. The van der Waals surface area contributed by atoms with Gasteiger partial charge in [0.2, 0.25) is 5.95 Å². The fourth-order valence-electron chi connectivity index (χ4n) is 3.79. The molecule has 0 spiro atoms. The second-order valence-electron chi connectivity index (χ2n) is 11.1. The maximum Gasteiger partial charge on any atom is 0.415 e. The first-order valence-corrected chi connectivity index (χ1v) is 16.3. The van der Waals surface area contributed by atoms with Gasteiger partial charge in [-0.3, -0.25) is 4.57 Å². The Labute approximate surface area is 245 Å². The summed E-state index contributed by atoms with van der Waals surface area (Å²) in [5, 5.41) is 9.12. The topological polar surface area (TPSA) is 106 Å². The number of halogens is 5. The monoisotopic (exact) mass is 627 g/mol. The average molecular weight is 629 g/mol. The van der Waals surface area contributed by atoms with Gasteiger partial charge in [-0.25, -0.2) is 9.48 Å². The highest BCUT2D eigenvalue weighted by molar-refractivity contribution is 6.74. The third-order valence-electron chi connectivity index (χ3n) is 7.00. The first kappa shape index (κ1) is 30.8. The number of hydrogen-bond donors (Lipinski definition) is 1. The number of nitrogen functional groups attached to an aromatic ring is 1. The van der Waals surface area contributed by atoms with Gasteiger partial charge >= 0.3 is 11.9 Å². The maximum atomic E-state index is 14.3. The molecule has 2 N–H and O–H groups in total. The molecule has 0 saturated heterocycles. The first-order valence-electron chi connectivity index (χ1n) is 12.6. The molecular weight excluding hydrogens is 598 g/mol. The zero-order chi connectivity index (χ0) is 30.3. The van der Waals surface area contributed by atoms with Crippen LogP contribution in [0.5, 0.6) is 0 Å². The maximum absolute atomic E-state index is 14.3. The van der Waals surface area contributed by atoms with Crippen molar-refractivity contribution in [2.45, 2.75) is 64.3 Å². The predicted molar refractivity (Wildman–Crippen MR) is 155 cm³/mol. The quantitative estimate of drug-likeness (QED) is 0.234. The summed E-state index contributed by atoms with van der Waals surface area (Å²) in [5.41, 5.74) is 6.20. The Balaban J connectivity index is 1.76. The highest BCUT2D eigenvalue weighted by atomic mass is 35.5. The molecule has 0 saturated carbocycles. The lowest BCUT2D eigenvalue weighted by Crippen LogP contribution is -2.50. The van der Waals surface area contributed by atoms with E-state index in [1.165, 1.54) is 4.68 Å². The summed E-state index contributed by atoms with van der Waals surface area (Å²) in [6.45, 7) is 7.95. The summed E-state index contributed by atoms with van der Waals surface area (Å²) < 4.78 is 52.1. The van der Waals surface area contributed by atoms with Gasteiger partial charge in [-0.15, -0.1) is 10.2 Å². The van der Waals surface area contributed by atoms with Crippen LogP contribution in [-0.4, -0.2) is 49.7 Å². The van der Waals surface area contributed by atoms with Crippen LogP contribution in [0.3, 0.4) is 0 Å². The minimum atomic E-state index is -4.74. The first-order chi connectivity index (χ1) is 19.0. The van der Waals surface area contributed by atoms with E-state index in [1.54, 1.807) is 61.6 Å². The van der Waals surface area contributed by atoms with Gasteiger partial charge in [-0.05, 0) is 60.6 Å². The van der Waals surface area contributed by atoms with E-state index in [0.29, 0.717) is 21.3 Å². The summed E-state index contributed by atoms with van der Waals surface area (Å²) in [5.74, 6) is 0.177. The Morgan fingerprint density at radius 3 is 2.27 bits per heavy atom. The zero-order valence-electron chi connectivity index (χ0n) is 23.1. The fourth-order valence-corrected chi connectivity index (χ4v) is 5.38. The molecule has 2 aromatic carbocycles. The molecule has 0 fully saturated rings. The van der Waals surface area contributed by atoms with Crippen LogP contribution in [-0.2, 0) is 17.5 Å². The number of hydrogen-bond acceptors (Lipinski definition) is 6. The molecule has 1 unspecified atom stereocenters. The molecule has 15 heteroatoms. The van der Waals surface area contributed by atoms with E-state index in [0.717, 1.165) is 9.25 Å². The summed E-state index contributed by atoms with van der Waals surface area (Å²) in [4.78, 5) is 17.8. The number of rotatable bonds is 8.